The van der Waals surface area contributed by atoms with Crippen LogP contribution in [0.3, 0.4) is 0 Å². The van der Waals surface area contributed by atoms with E-state index in [9.17, 15) is 4.79 Å². The van der Waals surface area contributed by atoms with Crippen LogP contribution >= 0.6 is 12.4 Å². The van der Waals surface area contributed by atoms with E-state index in [2.05, 4.69) is 11.8 Å². The van der Waals surface area contributed by atoms with Crippen molar-refractivity contribution in [2.24, 2.45) is 23.5 Å². The van der Waals surface area contributed by atoms with Crippen LogP contribution in [0.15, 0.2) is 0 Å². The van der Waals surface area contributed by atoms with Gasteiger partial charge in [0.2, 0.25) is 5.91 Å². The van der Waals surface area contributed by atoms with Crippen molar-refractivity contribution in [2.45, 2.75) is 32.6 Å². The highest BCUT2D eigenvalue weighted by Gasteiger charge is 2.36. The summed E-state index contributed by atoms with van der Waals surface area (Å²) in [6.07, 6.45) is 4.56. The highest BCUT2D eigenvalue weighted by molar-refractivity contribution is 5.85. The number of likely N-dealkylation sites (tertiary alicyclic amines) is 1. The van der Waals surface area contributed by atoms with E-state index in [4.69, 9.17) is 5.73 Å². The molecule has 4 heteroatoms. The third-order valence-electron chi connectivity index (χ3n) is 4.01. The first-order valence-electron chi connectivity index (χ1n) is 6.21. The molecule has 0 aromatic rings. The van der Waals surface area contributed by atoms with E-state index in [0.717, 1.165) is 25.9 Å². The topological polar surface area (TPSA) is 46.3 Å². The molecule has 2 aliphatic rings. The summed E-state index contributed by atoms with van der Waals surface area (Å²) in [5.74, 6) is 1.76. The van der Waals surface area contributed by atoms with E-state index in [-0.39, 0.29) is 18.3 Å². The van der Waals surface area contributed by atoms with Crippen molar-refractivity contribution >= 4 is 18.3 Å². The average molecular weight is 247 g/mol. The Kier molecular flexibility index (Phi) is 5.06. The van der Waals surface area contributed by atoms with E-state index in [1.807, 2.05) is 0 Å². The maximum absolute atomic E-state index is 12.2. The van der Waals surface area contributed by atoms with Crippen molar-refractivity contribution in [2.75, 3.05) is 19.6 Å². The van der Waals surface area contributed by atoms with Crippen molar-refractivity contribution in [1.82, 2.24) is 4.90 Å². The fraction of sp³-hybridized carbons (Fsp3) is 0.917. The first-order chi connectivity index (χ1) is 7.22. The fourth-order valence-electron chi connectivity index (χ4n) is 3.01. The van der Waals surface area contributed by atoms with Crippen molar-refractivity contribution in [3.63, 3.8) is 0 Å². The van der Waals surface area contributed by atoms with Crippen LogP contribution in [0, 0.1) is 17.8 Å². The molecule has 1 aliphatic heterocycles. The molecule has 1 aliphatic carbocycles. The summed E-state index contributed by atoms with van der Waals surface area (Å²) in [4.78, 5) is 14.3. The number of hydrogen-bond donors (Lipinski definition) is 1. The highest BCUT2D eigenvalue weighted by atomic mass is 35.5. The number of rotatable bonds is 2. The molecule has 1 heterocycles. The lowest BCUT2D eigenvalue weighted by Crippen LogP contribution is -2.37. The summed E-state index contributed by atoms with van der Waals surface area (Å²) in [6.45, 7) is 4.84. The van der Waals surface area contributed by atoms with Gasteiger partial charge in [-0.1, -0.05) is 13.3 Å². The summed E-state index contributed by atoms with van der Waals surface area (Å²) >= 11 is 0. The largest absolute Gasteiger partial charge is 0.342 e. The molecule has 0 bridgehead atoms. The maximum atomic E-state index is 12.2. The Morgan fingerprint density at radius 2 is 2.12 bits per heavy atom. The standard InChI is InChI=1S/C12H22N2O.ClH/c1-9-5-6-14(8-9)12(15)11-4-2-3-10(11)7-13;/h9-11H,2-8,13H2,1H3;1H/t9?,10-,11-;/m1./s1. The van der Waals surface area contributed by atoms with Gasteiger partial charge in [0.1, 0.15) is 0 Å². The SMILES string of the molecule is CC1CCN(C(=O)[C@@H]2CCC[C@@H]2CN)C1.Cl. The van der Waals surface area contributed by atoms with Gasteiger partial charge >= 0.3 is 0 Å². The van der Waals surface area contributed by atoms with E-state index >= 15 is 0 Å². The van der Waals surface area contributed by atoms with E-state index in [1.54, 1.807) is 0 Å². The molecular weight excluding hydrogens is 224 g/mol. The first-order valence-corrected chi connectivity index (χ1v) is 6.21. The van der Waals surface area contributed by atoms with Crippen molar-refractivity contribution in [3.05, 3.63) is 0 Å². The molecule has 0 aromatic heterocycles. The molecule has 0 aromatic carbocycles. The number of nitrogens with zero attached hydrogens (tertiary/aromatic N) is 1. The zero-order chi connectivity index (χ0) is 10.8. The second kappa shape index (κ2) is 5.87. The lowest BCUT2D eigenvalue weighted by Gasteiger charge is -2.24. The van der Waals surface area contributed by atoms with Crippen LogP contribution in [0.25, 0.3) is 0 Å². The minimum atomic E-state index is 0. The van der Waals surface area contributed by atoms with Gasteiger partial charge in [-0.25, -0.2) is 0 Å². The Balaban J connectivity index is 0.00000128. The minimum absolute atomic E-state index is 0. The number of halogens is 1. The molecule has 94 valence electrons. The molecular formula is C12H23ClN2O. The predicted molar refractivity (Wildman–Crippen MR) is 67.5 cm³/mol. The van der Waals surface area contributed by atoms with Crippen LogP contribution in [-0.4, -0.2) is 30.4 Å². The van der Waals surface area contributed by atoms with Crippen molar-refractivity contribution in [3.8, 4) is 0 Å². The molecule has 1 saturated heterocycles. The molecule has 2 N–H and O–H groups in total. The third kappa shape index (κ3) is 2.69. The molecule has 16 heavy (non-hydrogen) atoms. The van der Waals surface area contributed by atoms with Crippen LogP contribution in [0.5, 0.6) is 0 Å². The summed E-state index contributed by atoms with van der Waals surface area (Å²) in [7, 11) is 0. The maximum Gasteiger partial charge on any atom is 0.226 e. The predicted octanol–water partition coefficient (Wildman–Crippen LogP) is 1.65. The number of carbonyl (C=O) groups is 1. The van der Waals surface area contributed by atoms with Crippen LogP contribution in [-0.2, 0) is 4.79 Å². The third-order valence-corrected chi connectivity index (χ3v) is 4.01. The van der Waals surface area contributed by atoms with Gasteiger partial charge in [0.05, 0.1) is 0 Å². The molecule has 1 amide bonds. The molecule has 3 nitrogen and oxygen atoms in total. The van der Waals surface area contributed by atoms with Crippen molar-refractivity contribution in [1.29, 1.82) is 0 Å². The zero-order valence-corrected chi connectivity index (χ0v) is 10.8. The second-order valence-corrected chi connectivity index (χ2v) is 5.21. The molecule has 3 atom stereocenters. The summed E-state index contributed by atoms with van der Waals surface area (Å²) in [5.41, 5.74) is 5.72. The van der Waals surface area contributed by atoms with Gasteiger partial charge in [-0.15, -0.1) is 12.4 Å². The normalized spacial score (nSPS) is 33.9. The van der Waals surface area contributed by atoms with Gasteiger partial charge in [-0.2, -0.15) is 0 Å². The Bertz CT molecular complexity index is 247. The molecule has 1 saturated carbocycles. The van der Waals surface area contributed by atoms with Gasteiger partial charge in [0, 0.05) is 19.0 Å². The first kappa shape index (κ1) is 13.8. The van der Waals surface area contributed by atoms with Gasteiger partial charge in [-0.05, 0) is 37.6 Å². The Morgan fingerprint density at radius 3 is 2.69 bits per heavy atom. The second-order valence-electron chi connectivity index (χ2n) is 5.21. The van der Waals surface area contributed by atoms with E-state index in [0.29, 0.717) is 24.3 Å². The van der Waals surface area contributed by atoms with E-state index in [1.165, 1.54) is 12.8 Å². The number of carbonyl (C=O) groups excluding carboxylic acids is 1. The van der Waals surface area contributed by atoms with Crippen LogP contribution in [0.2, 0.25) is 0 Å². The zero-order valence-electron chi connectivity index (χ0n) is 10.0. The summed E-state index contributed by atoms with van der Waals surface area (Å²) < 4.78 is 0. The minimum Gasteiger partial charge on any atom is -0.342 e. The molecule has 0 radical (unpaired) electrons. The lowest BCUT2D eigenvalue weighted by atomic mass is 9.95. The lowest BCUT2D eigenvalue weighted by molar-refractivity contribution is -0.135. The smallest absolute Gasteiger partial charge is 0.226 e. The van der Waals surface area contributed by atoms with Gasteiger partial charge in [0.15, 0.2) is 0 Å². The summed E-state index contributed by atoms with van der Waals surface area (Å²) in [6, 6.07) is 0. The molecule has 2 fully saturated rings. The van der Waals surface area contributed by atoms with Crippen LogP contribution < -0.4 is 5.73 Å². The Hall–Kier alpha value is -0.280. The highest BCUT2D eigenvalue weighted by Crippen LogP contribution is 2.33. The monoisotopic (exact) mass is 246 g/mol. The molecule has 1 unspecified atom stereocenters. The van der Waals surface area contributed by atoms with Crippen molar-refractivity contribution < 1.29 is 4.79 Å². The van der Waals surface area contributed by atoms with Gasteiger partial charge in [0.25, 0.3) is 0 Å². The van der Waals surface area contributed by atoms with E-state index < -0.39 is 0 Å². The number of amides is 1. The average Bonchev–Trinajstić information content (AvgIpc) is 2.84. The Labute approximate surface area is 104 Å². The van der Waals surface area contributed by atoms with Crippen LogP contribution in [0.4, 0.5) is 0 Å². The fourth-order valence-corrected chi connectivity index (χ4v) is 3.01. The number of hydrogen-bond acceptors (Lipinski definition) is 2. The molecule has 0 spiro atoms. The molecule has 2 rings (SSSR count). The Morgan fingerprint density at radius 1 is 1.38 bits per heavy atom. The van der Waals surface area contributed by atoms with Crippen LogP contribution in [0.1, 0.15) is 32.6 Å². The van der Waals surface area contributed by atoms with Gasteiger partial charge < -0.3 is 10.6 Å². The summed E-state index contributed by atoms with van der Waals surface area (Å²) in [5, 5.41) is 0. The number of nitrogens with two attached hydrogens (primary N) is 1. The quantitative estimate of drug-likeness (QED) is 0.806. The van der Waals surface area contributed by atoms with Gasteiger partial charge in [-0.3, -0.25) is 4.79 Å².